The van der Waals surface area contributed by atoms with E-state index in [0.717, 1.165) is 35.0 Å². The number of hydrogen-bond donors (Lipinski definition) is 1. The highest BCUT2D eigenvalue weighted by molar-refractivity contribution is 7.09. The molecule has 0 aliphatic carbocycles. The molecule has 0 radical (unpaired) electrons. The van der Waals surface area contributed by atoms with Crippen molar-refractivity contribution in [2.45, 2.75) is 20.4 Å². The lowest BCUT2D eigenvalue weighted by atomic mass is 10.1. The number of thiophene rings is 1. The maximum Gasteiger partial charge on any atom is 0.125 e. The largest absolute Gasteiger partial charge is 0.492 e. The van der Waals surface area contributed by atoms with Gasteiger partial charge in [0.2, 0.25) is 0 Å². The van der Waals surface area contributed by atoms with Gasteiger partial charge in [0.05, 0.1) is 0 Å². The van der Waals surface area contributed by atoms with Crippen LogP contribution in [0.2, 0.25) is 5.02 Å². The van der Waals surface area contributed by atoms with Crippen LogP contribution < -0.4 is 10.1 Å². The molecule has 2 rings (SSSR count). The van der Waals surface area contributed by atoms with Crippen molar-refractivity contribution in [1.29, 1.82) is 0 Å². The van der Waals surface area contributed by atoms with E-state index in [0.29, 0.717) is 6.61 Å². The van der Waals surface area contributed by atoms with Crippen LogP contribution in [0, 0.1) is 13.8 Å². The van der Waals surface area contributed by atoms with Gasteiger partial charge in [-0.1, -0.05) is 17.7 Å². The normalized spacial score (nSPS) is 10.7. The standard InChI is InChI=1S/C15H18ClNOS/c1-11-8-13(16)9-12(2)15(11)18-6-5-17-10-14-4-3-7-19-14/h3-4,7-9,17H,5-6,10H2,1-2H3. The molecule has 1 aromatic carbocycles. The molecular formula is C15H18ClNOS. The third-order valence-corrected chi connectivity index (χ3v) is 3.92. The Morgan fingerprint density at radius 2 is 2.00 bits per heavy atom. The highest BCUT2D eigenvalue weighted by Gasteiger charge is 2.05. The number of nitrogens with one attached hydrogen (secondary N) is 1. The minimum Gasteiger partial charge on any atom is -0.492 e. The summed E-state index contributed by atoms with van der Waals surface area (Å²) in [4.78, 5) is 1.35. The Morgan fingerprint density at radius 1 is 1.26 bits per heavy atom. The third kappa shape index (κ3) is 4.23. The number of aryl methyl sites for hydroxylation is 2. The Labute approximate surface area is 123 Å². The van der Waals surface area contributed by atoms with Crippen molar-refractivity contribution in [2.75, 3.05) is 13.2 Å². The van der Waals surface area contributed by atoms with Gasteiger partial charge in [0.15, 0.2) is 0 Å². The molecule has 2 nitrogen and oxygen atoms in total. The molecule has 4 heteroatoms. The van der Waals surface area contributed by atoms with Crippen LogP contribution in [0.15, 0.2) is 29.6 Å². The Kier molecular flexibility index (Phi) is 5.25. The molecule has 1 aromatic heterocycles. The number of rotatable bonds is 6. The topological polar surface area (TPSA) is 21.3 Å². The second-order valence-corrected chi connectivity index (χ2v) is 5.94. The summed E-state index contributed by atoms with van der Waals surface area (Å²) in [5.41, 5.74) is 2.17. The monoisotopic (exact) mass is 295 g/mol. The summed E-state index contributed by atoms with van der Waals surface area (Å²) < 4.78 is 5.82. The fourth-order valence-corrected chi connectivity index (χ4v) is 2.98. The van der Waals surface area contributed by atoms with Gasteiger partial charge in [-0.3, -0.25) is 0 Å². The van der Waals surface area contributed by atoms with Gasteiger partial charge in [-0.25, -0.2) is 0 Å². The van der Waals surface area contributed by atoms with Crippen LogP contribution in [0.1, 0.15) is 16.0 Å². The molecule has 1 heterocycles. The van der Waals surface area contributed by atoms with E-state index in [9.17, 15) is 0 Å². The minimum atomic E-state index is 0.661. The van der Waals surface area contributed by atoms with Gasteiger partial charge in [0, 0.05) is 23.0 Å². The minimum absolute atomic E-state index is 0.661. The maximum atomic E-state index is 6.00. The van der Waals surface area contributed by atoms with Crippen molar-refractivity contribution in [3.8, 4) is 5.75 Å². The number of halogens is 1. The highest BCUT2D eigenvalue weighted by atomic mass is 35.5. The number of hydrogen-bond acceptors (Lipinski definition) is 3. The summed E-state index contributed by atoms with van der Waals surface area (Å²) >= 11 is 7.76. The van der Waals surface area contributed by atoms with E-state index in [4.69, 9.17) is 16.3 Å². The summed E-state index contributed by atoms with van der Waals surface area (Å²) in [7, 11) is 0. The number of benzene rings is 1. The van der Waals surface area contributed by atoms with Crippen LogP contribution in [0.4, 0.5) is 0 Å². The molecule has 0 bridgehead atoms. The molecule has 2 aromatic rings. The van der Waals surface area contributed by atoms with Crippen molar-refractivity contribution in [3.05, 3.63) is 50.7 Å². The zero-order chi connectivity index (χ0) is 13.7. The van der Waals surface area contributed by atoms with Crippen molar-refractivity contribution >= 4 is 22.9 Å². The van der Waals surface area contributed by atoms with Gasteiger partial charge in [-0.05, 0) is 48.6 Å². The molecule has 1 N–H and O–H groups in total. The summed E-state index contributed by atoms with van der Waals surface area (Å²) in [6, 6.07) is 8.07. The molecule has 0 amide bonds. The first kappa shape index (κ1) is 14.4. The lowest BCUT2D eigenvalue weighted by Crippen LogP contribution is -2.20. The van der Waals surface area contributed by atoms with E-state index in [-0.39, 0.29) is 0 Å². The predicted molar refractivity (Wildman–Crippen MR) is 82.4 cm³/mol. The molecule has 0 aliphatic heterocycles. The quantitative estimate of drug-likeness (QED) is 0.807. The van der Waals surface area contributed by atoms with Crippen molar-refractivity contribution < 1.29 is 4.74 Å². The lowest BCUT2D eigenvalue weighted by molar-refractivity contribution is 0.310. The van der Waals surface area contributed by atoms with Gasteiger partial charge < -0.3 is 10.1 Å². The molecule has 0 atom stereocenters. The van der Waals surface area contributed by atoms with Gasteiger partial charge in [-0.15, -0.1) is 11.3 Å². The Hall–Kier alpha value is -1.03. The second kappa shape index (κ2) is 6.94. The van der Waals surface area contributed by atoms with Gasteiger partial charge in [0.25, 0.3) is 0 Å². The predicted octanol–water partition coefficient (Wildman–Crippen LogP) is 4.19. The Morgan fingerprint density at radius 3 is 2.63 bits per heavy atom. The highest BCUT2D eigenvalue weighted by Crippen LogP contribution is 2.26. The van der Waals surface area contributed by atoms with Crippen LogP contribution in [-0.2, 0) is 6.54 Å². The van der Waals surface area contributed by atoms with Gasteiger partial charge in [-0.2, -0.15) is 0 Å². The Balaban J connectivity index is 1.77. The molecule has 0 saturated heterocycles. The SMILES string of the molecule is Cc1cc(Cl)cc(C)c1OCCNCc1cccs1. The molecule has 0 aliphatic rings. The molecule has 0 spiro atoms. The van der Waals surface area contributed by atoms with E-state index in [1.807, 2.05) is 26.0 Å². The fourth-order valence-electron chi connectivity index (χ4n) is 1.98. The van der Waals surface area contributed by atoms with E-state index in [2.05, 4.69) is 22.8 Å². The summed E-state index contributed by atoms with van der Waals surface area (Å²) in [5.74, 6) is 0.947. The van der Waals surface area contributed by atoms with Crippen molar-refractivity contribution in [3.63, 3.8) is 0 Å². The van der Waals surface area contributed by atoms with Crippen LogP contribution in [-0.4, -0.2) is 13.2 Å². The maximum absolute atomic E-state index is 6.00. The average Bonchev–Trinajstić information content (AvgIpc) is 2.84. The summed E-state index contributed by atoms with van der Waals surface area (Å²) in [5, 5.41) is 6.22. The number of ether oxygens (including phenoxy) is 1. The smallest absolute Gasteiger partial charge is 0.125 e. The summed E-state index contributed by atoms with van der Waals surface area (Å²) in [6.45, 7) is 6.44. The Bertz CT molecular complexity index is 502. The van der Waals surface area contributed by atoms with E-state index >= 15 is 0 Å². The van der Waals surface area contributed by atoms with E-state index in [1.165, 1.54) is 4.88 Å². The zero-order valence-corrected chi connectivity index (χ0v) is 12.8. The molecule has 0 unspecified atom stereocenters. The van der Waals surface area contributed by atoms with Gasteiger partial charge in [0.1, 0.15) is 12.4 Å². The fraction of sp³-hybridized carbons (Fsp3) is 0.333. The summed E-state index contributed by atoms with van der Waals surface area (Å²) in [6.07, 6.45) is 0. The van der Waals surface area contributed by atoms with Crippen LogP contribution >= 0.6 is 22.9 Å². The van der Waals surface area contributed by atoms with Crippen molar-refractivity contribution in [1.82, 2.24) is 5.32 Å². The van der Waals surface area contributed by atoms with Crippen LogP contribution in [0.5, 0.6) is 5.75 Å². The molecule has 102 valence electrons. The van der Waals surface area contributed by atoms with Crippen LogP contribution in [0.3, 0.4) is 0 Å². The first-order valence-corrected chi connectivity index (χ1v) is 7.55. The second-order valence-electron chi connectivity index (χ2n) is 4.47. The molecule has 0 saturated carbocycles. The third-order valence-electron chi connectivity index (χ3n) is 2.83. The average molecular weight is 296 g/mol. The van der Waals surface area contributed by atoms with Crippen molar-refractivity contribution in [2.24, 2.45) is 0 Å². The van der Waals surface area contributed by atoms with Crippen LogP contribution in [0.25, 0.3) is 0 Å². The molecule has 19 heavy (non-hydrogen) atoms. The molecule has 0 fully saturated rings. The van der Waals surface area contributed by atoms with Gasteiger partial charge >= 0.3 is 0 Å². The lowest BCUT2D eigenvalue weighted by Gasteiger charge is -2.12. The first-order chi connectivity index (χ1) is 9.16. The van der Waals surface area contributed by atoms with E-state index < -0.39 is 0 Å². The first-order valence-electron chi connectivity index (χ1n) is 6.29. The zero-order valence-electron chi connectivity index (χ0n) is 11.2. The van der Waals surface area contributed by atoms with E-state index in [1.54, 1.807) is 11.3 Å². The molecular weight excluding hydrogens is 278 g/mol.